The van der Waals surface area contributed by atoms with Gasteiger partial charge in [0, 0.05) is 33.4 Å². The highest BCUT2D eigenvalue weighted by atomic mass is 32.2. The van der Waals surface area contributed by atoms with E-state index < -0.39 is 10.0 Å². The summed E-state index contributed by atoms with van der Waals surface area (Å²) in [4.78, 5) is 14.6. The van der Waals surface area contributed by atoms with Gasteiger partial charge in [0.25, 0.3) is 0 Å². The maximum Gasteiger partial charge on any atom is 0.239 e. The lowest BCUT2D eigenvalue weighted by Gasteiger charge is -2.30. The summed E-state index contributed by atoms with van der Waals surface area (Å²) in [6.45, 7) is 3.24. The van der Waals surface area contributed by atoms with Gasteiger partial charge in [-0.3, -0.25) is 4.79 Å². The van der Waals surface area contributed by atoms with Crippen molar-refractivity contribution in [3.05, 3.63) is 24.3 Å². The number of hydrogen-bond acceptors (Lipinski definition) is 6. The Kier molecular flexibility index (Phi) is 7.83. The molecule has 2 rings (SSSR count). The topological polar surface area (TPSA) is 88.2 Å². The average molecular weight is 385 g/mol. The van der Waals surface area contributed by atoms with E-state index in [1.807, 2.05) is 24.3 Å². The van der Waals surface area contributed by atoms with Crippen LogP contribution in [0.2, 0.25) is 0 Å². The molecule has 1 N–H and O–H groups in total. The number of ether oxygens (including phenoxy) is 2. The summed E-state index contributed by atoms with van der Waals surface area (Å²) in [5, 5.41) is 2.84. The zero-order chi connectivity index (χ0) is 19.0. The molecule has 1 aromatic rings. The lowest BCUT2D eigenvalue weighted by molar-refractivity contribution is -0.116. The molecule has 1 amide bonds. The van der Waals surface area contributed by atoms with E-state index in [1.54, 1.807) is 7.11 Å². The maximum absolute atomic E-state index is 12.4. The third-order valence-electron chi connectivity index (χ3n) is 4.07. The van der Waals surface area contributed by atoms with Crippen molar-refractivity contribution in [2.45, 2.75) is 6.42 Å². The van der Waals surface area contributed by atoms with Gasteiger partial charge in [-0.05, 0) is 18.6 Å². The first-order valence-corrected chi connectivity index (χ1v) is 10.4. The summed E-state index contributed by atoms with van der Waals surface area (Å²) in [5.74, 6) is -0.367. The first kappa shape index (κ1) is 20.6. The Morgan fingerprint density at radius 2 is 2.00 bits per heavy atom. The standard InChI is InChI=1S/C17H27N3O5S/c1-24-11-5-8-20(26(2,22)23)14-17(21)18-15-6-3-4-7-16(15)19-9-12-25-13-10-19/h3-4,6-7H,5,8-14H2,1-2H3,(H,18,21). The van der Waals surface area contributed by atoms with E-state index in [1.165, 1.54) is 4.31 Å². The van der Waals surface area contributed by atoms with Gasteiger partial charge in [-0.15, -0.1) is 0 Å². The molecule has 0 bridgehead atoms. The Hall–Kier alpha value is -1.68. The van der Waals surface area contributed by atoms with Crippen LogP contribution in [-0.2, 0) is 24.3 Å². The fourth-order valence-electron chi connectivity index (χ4n) is 2.76. The van der Waals surface area contributed by atoms with Crippen LogP contribution in [0.4, 0.5) is 11.4 Å². The van der Waals surface area contributed by atoms with Crippen LogP contribution >= 0.6 is 0 Å². The van der Waals surface area contributed by atoms with Gasteiger partial charge in [0.05, 0.1) is 37.4 Å². The Morgan fingerprint density at radius 1 is 1.31 bits per heavy atom. The maximum atomic E-state index is 12.4. The lowest BCUT2D eigenvalue weighted by Crippen LogP contribution is -2.39. The van der Waals surface area contributed by atoms with Crippen molar-refractivity contribution in [2.24, 2.45) is 0 Å². The normalized spacial score (nSPS) is 15.3. The quantitative estimate of drug-likeness (QED) is 0.632. The number of para-hydroxylation sites is 2. The highest BCUT2D eigenvalue weighted by molar-refractivity contribution is 7.88. The van der Waals surface area contributed by atoms with Crippen LogP contribution in [0, 0.1) is 0 Å². The van der Waals surface area contributed by atoms with Gasteiger partial charge in [0.15, 0.2) is 0 Å². The fourth-order valence-corrected chi connectivity index (χ4v) is 3.57. The molecular formula is C17H27N3O5S. The molecule has 1 aliphatic heterocycles. The van der Waals surface area contributed by atoms with Crippen molar-refractivity contribution in [1.82, 2.24) is 4.31 Å². The van der Waals surface area contributed by atoms with Crippen LogP contribution in [-0.4, -0.2) is 78.0 Å². The van der Waals surface area contributed by atoms with Gasteiger partial charge in [-0.2, -0.15) is 4.31 Å². The van der Waals surface area contributed by atoms with Gasteiger partial charge in [-0.25, -0.2) is 8.42 Å². The van der Waals surface area contributed by atoms with E-state index in [0.29, 0.717) is 31.9 Å². The predicted molar refractivity (Wildman–Crippen MR) is 101 cm³/mol. The summed E-state index contributed by atoms with van der Waals surface area (Å²) in [7, 11) is -1.92. The molecule has 1 fully saturated rings. The van der Waals surface area contributed by atoms with E-state index >= 15 is 0 Å². The van der Waals surface area contributed by atoms with Gasteiger partial charge in [0.1, 0.15) is 0 Å². The zero-order valence-electron chi connectivity index (χ0n) is 15.3. The minimum atomic E-state index is -3.47. The van der Waals surface area contributed by atoms with Crippen LogP contribution in [0.15, 0.2) is 24.3 Å². The van der Waals surface area contributed by atoms with Gasteiger partial charge < -0.3 is 19.7 Å². The number of amides is 1. The third kappa shape index (κ3) is 6.24. The average Bonchev–Trinajstić information content (AvgIpc) is 2.61. The second-order valence-electron chi connectivity index (χ2n) is 6.11. The number of rotatable bonds is 9. The molecule has 0 aromatic heterocycles. The van der Waals surface area contributed by atoms with Crippen LogP contribution < -0.4 is 10.2 Å². The zero-order valence-corrected chi connectivity index (χ0v) is 16.1. The number of anilines is 2. The molecule has 0 spiro atoms. The monoisotopic (exact) mass is 385 g/mol. The first-order chi connectivity index (χ1) is 12.4. The molecule has 0 atom stereocenters. The summed E-state index contributed by atoms with van der Waals surface area (Å²) >= 11 is 0. The molecule has 9 heteroatoms. The highest BCUT2D eigenvalue weighted by Crippen LogP contribution is 2.26. The lowest BCUT2D eigenvalue weighted by atomic mass is 10.2. The smallest absolute Gasteiger partial charge is 0.239 e. The minimum absolute atomic E-state index is 0.222. The molecule has 26 heavy (non-hydrogen) atoms. The first-order valence-electron chi connectivity index (χ1n) is 8.57. The molecule has 0 radical (unpaired) electrons. The molecule has 1 heterocycles. The molecule has 1 aromatic carbocycles. The van der Waals surface area contributed by atoms with Crippen molar-refractivity contribution in [2.75, 3.05) is 69.6 Å². The van der Waals surface area contributed by atoms with Gasteiger partial charge in [0.2, 0.25) is 15.9 Å². The van der Waals surface area contributed by atoms with Crippen molar-refractivity contribution in [3.8, 4) is 0 Å². The number of sulfonamides is 1. The largest absolute Gasteiger partial charge is 0.385 e. The molecule has 0 unspecified atom stereocenters. The molecular weight excluding hydrogens is 358 g/mol. The summed E-state index contributed by atoms with van der Waals surface area (Å²) in [6.07, 6.45) is 1.63. The van der Waals surface area contributed by atoms with Crippen molar-refractivity contribution in [3.63, 3.8) is 0 Å². The highest BCUT2D eigenvalue weighted by Gasteiger charge is 2.21. The summed E-state index contributed by atoms with van der Waals surface area (Å²) < 4.78 is 35.3. The third-order valence-corrected chi connectivity index (χ3v) is 5.32. The number of methoxy groups -OCH3 is 1. The summed E-state index contributed by atoms with van der Waals surface area (Å²) in [6, 6.07) is 7.51. The number of nitrogens with zero attached hydrogens (tertiary/aromatic N) is 2. The number of carbonyl (C=O) groups is 1. The number of benzene rings is 1. The fraction of sp³-hybridized carbons (Fsp3) is 0.588. The van der Waals surface area contributed by atoms with E-state index in [-0.39, 0.29) is 19.0 Å². The SMILES string of the molecule is COCCCN(CC(=O)Nc1ccccc1N1CCOCC1)S(C)(=O)=O. The Balaban J connectivity index is 2.04. The Bertz CT molecular complexity index is 689. The van der Waals surface area contributed by atoms with E-state index in [4.69, 9.17) is 9.47 Å². The van der Waals surface area contributed by atoms with Crippen LogP contribution in [0.5, 0.6) is 0 Å². The molecule has 0 saturated carbocycles. The van der Waals surface area contributed by atoms with Crippen LogP contribution in [0.1, 0.15) is 6.42 Å². The van der Waals surface area contributed by atoms with Crippen LogP contribution in [0.25, 0.3) is 0 Å². The second kappa shape index (κ2) is 9.86. The van der Waals surface area contributed by atoms with Gasteiger partial charge >= 0.3 is 0 Å². The molecule has 0 aliphatic carbocycles. The number of carbonyl (C=O) groups excluding carboxylic acids is 1. The van der Waals surface area contributed by atoms with Gasteiger partial charge in [-0.1, -0.05) is 12.1 Å². The molecule has 1 aliphatic rings. The Morgan fingerprint density at radius 3 is 2.65 bits per heavy atom. The molecule has 1 saturated heterocycles. The minimum Gasteiger partial charge on any atom is -0.385 e. The number of nitrogens with one attached hydrogen (secondary N) is 1. The second-order valence-corrected chi connectivity index (χ2v) is 8.09. The Labute approximate surface area is 155 Å². The van der Waals surface area contributed by atoms with Crippen molar-refractivity contribution < 1.29 is 22.7 Å². The molecule has 8 nitrogen and oxygen atoms in total. The van der Waals surface area contributed by atoms with E-state index in [2.05, 4.69) is 10.2 Å². The van der Waals surface area contributed by atoms with Crippen molar-refractivity contribution >= 4 is 27.3 Å². The van der Waals surface area contributed by atoms with E-state index in [0.717, 1.165) is 25.0 Å². The van der Waals surface area contributed by atoms with Crippen LogP contribution in [0.3, 0.4) is 0 Å². The predicted octanol–water partition coefficient (Wildman–Crippen LogP) is 0.760. The van der Waals surface area contributed by atoms with E-state index in [9.17, 15) is 13.2 Å². The molecule has 146 valence electrons. The number of hydrogen-bond donors (Lipinski definition) is 1. The summed E-state index contributed by atoms with van der Waals surface area (Å²) in [5.41, 5.74) is 1.58. The number of morpholine rings is 1. The van der Waals surface area contributed by atoms with Crippen molar-refractivity contribution in [1.29, 1.82) is 0 Å².